The van der Waals surface area contributed by atoms with E-state index < -0.39 is 6.61 Å². The van der Waals surface area contributed by atoms with E-state index in [1.54, 1.807) is 28.9 Å². The molecule has 21 heavy (non-hydrogen) atoms. The van der Waals surface area contributed by atoms with Crippen LogP contribution in [0.3, 0.4) is 0 Å². The van der Waals surface area contributed by atoms with E-state index in [2.05, 4.69) is 15.2 Å². The van der Waals surface area contributed by atoms with Gasteiger partial charge >= 0.3 is 6.61 Å². The molecule has 4 nitrogen and oxygen atoms in total. The molecule has 6 heteroatoms. The van der Waals surface area contributed by atoms with Crippen LogP contribution in [-0.4, -0.2) is 16.4 Å². The van der Waals surface area contributed by atoms with Crippen molar-refractivity contribution in [2.45, 2.75) is 33.0 Å². The van der Waals surface area contributed by atoms with Crippen LogP contribution >= 0.6 is 0 Å². The number of aromatic nitrogens is 2. The molecule has 0 radical (unpaired) electrons. The summed E-state index contributed by atoms with van der Waals surface area (Å²) in [6, 6.07) is 6.77. The molecule has 0 aliphatic rings. The lowest BCUT2D eigenvalue weighted by atomic mass is 10.1. The molecular formula is C15H19F2N3O. The summed E-state index contributed by atoms with van der Waals surface area (Å²) in [7, 11) is 1.89. The Labute approximate surface area is 122 Å². The van der Waals surface area contributed by atoms with E-state index in [4.69, 9.17) is 0 Å². The lowest BCUT2D eigenvalue weighted by Crippen LogP contribution is -2.18. The molecule has 0 saturated heterocycles. The van der Waals surface area contributed by atoms with Gasteiger partial charge < -0.3 is 10.1 Å². The van der Waals surface area contributed by atoms with Crippen LogP contribution in [0.4, 0.5) is 8.78 Å². The molecule has 0 spiro atoms. The SMILES string of the molecule is Cc1nn(C)cc1CNC(C)c1ccc(OC(F)F)cc1. The van der Waals surface area contributed by atoms with Gasteiger partial charge in [-0.3, -0.25) is 4.68 Å². The van der Waals surface area contributed by atoms with Crippen molar-refractivity contribution in [3.05, 3.63) is 47.3 Å². The molecule has 1 aromatic carbocycles. The maximum atomic E-state index is 12.1. The van der Waals surface area contributed by atoms with E-state index in [1.165, 1.54) is 0 Å². The summed E-state index contributed by atoms with van der Waals surface area (Å²) >= 11 is 0. The van der Waals surface area contributed by atoms with E-state index in [-0.39, 0.29) is 11.8 Å². The number of halogens is 2. The molecule has 0 bridgehead atoms. The van der Waals surface area contributed by atoms with E-state index in [9.17, 15) is 8.78 Å². The van der Waals surface area contributed by atoms with Gasteiger partial charge in [-0.15, -0.1) is 0 Å². The number of nitrogens with zero attached hydrogens (tertiary/aromatic N) is 2. The summed E-state index contributed by atoms with van der Waals surface area (Å²) in [6.45, 7) is 1.91. The largest absolute Gasteiger partial charge is 0.435 e. The van der Waals surface area contributed by atoms with Crippen LogP contribution < -0.4 is 10.1 Å². The molecular weight excluding hydrogens is 276 g/mol. The quantitative estimate of drug-likeness (QED) is 0.889. The van der Waals surface area contributed by atoms with E-state index in [0.717, 1.165) is 16.8 Å². The Hall–Kier alpha value is -1.95. The van der Waals surface area contributed by atoms with Crippen LogP contribution in [0.15, 0.2) is 30.5 Å². The van der Waals surface area contributed by atoms with Gasteiger partial charge in [-0.1, -0.05) is 12.1 Å². The first-order valence-corrected chi connectivity index (χ1v) is 6.73. The predicted octanol–water partition coefficient (Wildman–Crippen LogP) is 3.18. The number of rotatable bonds is 6. The first-order chi connectivity index (χ1) is 9.95. The van der Waals surface area contributed by atoms with E-state index in [0.29, 0.717) is 6.54 Å². The summed E-state index contributed by atoms with van der Waals surface area (Å²) in [6.07, 6.45) is 1.98. The Kier molecular flexibility index (Phi) is 4.90. The summed E-state index contributed by atoms with van der Waals surface area (Å²) in [5.41, 5.74) is 3.15. The summed E-state index contributed by atoms with van der Waals surface area (Å²) in [4.78, 5) is 0. The first-order valence-electron chi connectivity index (χ1n) is 6.73. The highest BCUT2D eigenvalue weighted by atomic mass is 19.3. The van der Waals surface area contributed by atoms with E-state index in [1.807, 2.05) is 27.1 Å². The van der Waals surface area contributed by atoms with Gasteiger partial charge in [0.2, 0.25) is 0 Å². The minimum atomic E-state index is -2.79. The normalized spacial score (nSPS) is 12.7. The molecule has 0 aliphatic heterocycles. The molecule has 114 valence electrons. The van der Waals surface area contributed by atoms with Crippen LogP contribution in [0.25, 0.3) is 0 Å². The second kappa shape index (κ2) is 6.67. The van der Waals surface area contributed by atoms with Crippen molar-refractivity contribution in [1.29, 1.82) is 0 Å². The van der Waals surface area contributed by atoms with Gasteiger partial charge in [0, 0.05) is 31.4 Å². The van der Waals surface area contributed by atoms with Crippen LogP contribution in [0.1, 0.15) is 29.8 Å². The molecule has 0 amide bonds. The molecule has 2 rings (SSSR count). The Bertz CT molecular complexity index is 581. The maximum Gasteiger partial charge on any atom is 0.387 e. The predicted molar refractivity (Wildman–Crippen MR) is 76.3 cm³/mol. The molecule has 2 aromatic rings. The number of benzene rings is 1. The molecule has 1 unspecified atom stereocenters. The average molecular weight is 295 g/mol. The monoisotopic (exact) mass is 295 g/mol. The minimum absolute atomic E-state index is 0.102. The van der Waals surface area contributed by atoms with Crippen LogP contribution in [-0.2, 0) is 13.6 Å². The highest BCUT2D eigenvalue weighted by Gasteiger charge is 2.09. The number of hydrogen-bond donors (Lipinski definition) is 1. The molecule has 1 aromatic heterocycles. The zero-order chi connectivity index (χ0) is 15.4. The Morgan fingerprint density at radius 2 is 1.95 bits per heavy atom. The lowest BCUT2D eigenvalue weighted by molar-refractivity contribution is -0.0498. The second-order valence-electron chi connectivity index (χ2n) is 4.96. The third-order valence-electron chi connectivity index (χ3n) is 3.32. The van der Waals surface area contributed by atoms with Crippen molar-refractivity contribution >= 4 is 0 Å². The van der Waals surface area contributed by atoms with Crippen molar-refractivity contribution in [3.8, 4) is 5.75 Å². The van der Waals surface area contributed by atoms with Crippen molar-refractivity contribution in [1.82, 2.24) is 15.1 Å². The van der Waals surface area contributed by atoms with Gasteiger partial charge in [0.1, 0.15) is 5.75 Å². The van der Waals surface area contributed by atoms with Crippen molar-refractivity contribution in [2.75, 3.05) is 0 Å². The Morgan fingerprint density at radius 1 is 1.29 bits per heavy atom. The fourth-order valence-corrected chi connectivity index (χ4v) is 2.14. The highest BCUT2D eigenvalue weighted by molar-refractivity contribution is 5.29. The molecule has 1 atom stereocenters. The molecule has 0 fully saturated rings. The van der Waals surface area contributed by atoms with Gasteiger partial charge in [0.25, 0.3) is 0 Å². The Morgan fingerprint density at radius 3 is 2.48 bits per heavy atom. The fourth-order valence-electron chi connectivity index (χ4n) is 2.14. The highest BCUT2D eigenvalue weighted by Crippen LogP contribution is 2.19. The van der Waals surface area contributed by atoms with Gasteiger partial charge in [-0.25, -0.2) is 0 Å². The first kappa shape index (κ1) is 15.4. The third kappa shape index (κ3) is 4.26. The van der Waals surface area contributed by atoms with Gasteiger partial charge in [0.05, 0.1) is 5.69 Å². The zero-order valence-electron chi connectivity index (χ0n) is 12.3. The van der Waals surface area contributed by atoms with Crippen molar-refractivity contribution < 1.29 is 13.5 Å². The molecule has 0 aliphatic carbocycles. The maximum absolute atomic E-state index is 12.1. The third-order valence-corrected chi connectivity index (χ3v) is 3.32. The van der Waals surface area contributed by atoms with Gasteiger partial charge in [-0.2, -0.15) is 13.9 Å². The topological polar surface area (TPSA) is 39.1 Å². The van der Waals surface area contributed by atoms with Gasteiger partial charge in [-0.05, 0) is 31.5 Å². The number of hydrogen-bond acceptors (Lipinski definition) is 3. The average Bonchev–Trinajstić information content (AvgIpc) is 2.74. The number of ether oxygens (including phenoxy) is 1. The van der Waals surface area contributed by atoms with Crippen molar-refractivity contribution in [3.63, 3.8) is 0 Å². The number of aryl methyl sites for hydroxylation is 2. The smallest absolute Gasteiger partial charge is 0.387 e. The molecule has 1 heterocycles. The van der Waals surface area contributed by atoms with E-state index >= 15 is 0 Å². The molecule has 1 N–H and O–H groups in total. The zero-order valence-corrected chi connectivity index (χ0v) is 12.3. The van der Waals surface area contributed by atoms with Crippen LogP contribution in [0, 0.1) is 6.92 Å². The molecule has 0 saturated carbocycles. The minimum Gasteiger partial charge on any atom is -0.435 e. The standard InChI is InChI=1S/C15H19F2N3O/c1-10(18-8-13-9-20(3)19-11(13)2)12-4-6-14(7-5-12)21-15(16)17/h4-7,9-10,15,18H,8H2,1-3H3. The number of nitrogens with one attached hydrogen (secondary N) is 1. The lowest BCUT2D eigenvalue weighted by Gasteiger charge is -2.14. The van der Waals surface area contributed by atoms with Crippen LogP contribution in [0.2, 0.25) is 0 Å². The van der Waals surface area contributed by atoms with Crippen molar-refractivity contribution in [2.24, 2.45) is 7.05 Å². The van der Waals surface area contributed by atoms with Crippen LogP contribution in [0.5, 0.6) is 5.75 Å². The Balaban J connectivity index is 1.93. The van der Waals surface area contributed by atoms with Gasteiger partial charge in [0.15, 0.2) is 0 Å². The summed E-state index contributed by atoms with van der Waals surface area (Å²) in [5, 5.41) is 7.68. The number of alkyl halides is 2. The fraction of sp³-hybridized carbons (Fsp3) is 0.400. The summed E-state index contributed by atoms with van der Waals surface area (Å²) < 4.78 is 30.3. The second-order valence-corrected chi connectivity index (χ2v) is 4.96. The summed E-state index contributed by atoms with van der Waals surface area (Å²) in [5.74, 6) is 0.170.